The Kier molecular flexibility index (Phi) is 3.53. The Balaban J connectivity index is 2.52. The Morgan fingerprint density at radius 1 is 1.43 bits per heavy atom. The van der Waals surface area contributed by atoms with E-state index in [1.807, 2.05) is 6.92 Å². The zero-order valence-electron chi connectivity index (χ0n) is 8.52. The molecular weight excluding hydrogens is 182 g/mol. The standard InChI is InChI=1S/C9H13N3O2/c1-7-4-5-8(11-10-7)14-9(13)6-12(2)3/h4-5H,6H2,1-3H3. The van der Waals surface area contributed by atoms with Gasteiger partial charge < -0.3 is 4.74 Å². The van der Waals surface area contributed by atoms with E-state index in [2.05, 4.69) is 10.2 Å². The molecule has 5 nitrogen and oxygen atoms in total. The van der Waals surface area contributed by atoms with Crippen molar-refractivity contribution in [2.45, 2.75) is 6.92 Å². The maximum Gasteiger partial charge on any atom is 0.326 e. The lowest BCUT2D eigenvalue weighted by Gasteiger charge is -2.07. The Morgan fingerprint density at radius 3 is 2.64 bits per heavy atom. The van der Waals surface area contributed by atoms with E-state index in [0.717, 1.165) is 5.69 Å². The van der Waals surface area contributed by atoms with Crippen molar-refractivity contribution < 1.29 is 9.53 Å². The summed E-state index contributed by atoms with van der Waals surface area (Å²) in [5, 5.41) is 7.48. The zero-order valence-corrected chi connectivity index (χ0v) is 8.52. The summed E-state index contributed by atoms with van der Waals surface area (Å²) in [6, 6.07) is 3.36. The smallest absolute Gasteiger partial charge is 0.326 e. The molecule has 1 aromatic heterocycles. The summed E-state index contributed by atoms with van der Waals surface area (Å²) in [6.07, 6.45) is 0. The predicted molar refractivity (Wildman–Crippen MR) is 51.0 cm³/mol. The largest absolute Gasteiger partial charge is 0.405 e. The van der Waals surface area contributed by atoms with Crippen LogP contribution in [0.25, 0.3) is 0 Å². The van der Waals surface area contributed by atoms with Crippen LogP contribution >= 0.6 is 0 Å². The second kappa shape index (κ2) is 4.66. The van der Waals surface area contributed by atoms with Crippen LogP contribution in [0.15, 0.2) is 12.1 Å². The van der Waals surface area contributed by atoms with Crippen molar-refractivity contribution in [3.63, 3.8) is 0 Å². The molecule has 0 radical (unpaired) electrons. The van der Waals surface area contributed by atoms with Crippen LogP contribution in [0, 0.1) is 6.92 Å². The molecule has 0 bridgehead atoms. The lowest BCUT2D eigenvalue weighted by Crippen LogP contribution is -2.25. The van der Waals surface area contributed by atoms with Gasteiger partial charge in [0.05, 0.1) is 12.2 Å². The van der Waals surface area contributed by atoms with E-state index in [1.54, 1.807) is 31.1 Å². The topological polar surface area (TPSA) is 55.3 Å². The average Bonchev–Trinajstić information content (AvgIpc) is 2.07. The monoisotopic (exact) mass is 195 g/mol. The van der Waals surface area contributed by atoms with Crippen LogP contribution in [0.4, 0.5) is 0 Å². The third-order valence-corrected chi connectivity index (χ3v) is 1.44. The lowest BCUT2D eigenvalue weighted by atomic mass is 10.4. The molecule has 0 atom stereocenters. The summed E-state index contributed by atoms with van der Waals surface area (Å²) < 4.78 is 4.93. The fourth-order valence-corrected chi connectivity index (χ4v) is 0.848. The number of rotatable bonds is 3. The first-order chi connectivity index (χ1) is 6.58. The first-order valence-corrected chi connectivity index (χ1v) is 4.23. The highest BCUT2D eigenvalue weighted by atomic mass is 16.5. The average molecular weight is 195 g/mol. The quantitative estimate of drug-likeness (QED) is 0.647. The summed E-state index contributed by atoms with van der Waals surface area (Å²) in [7, 11) is 3.59. The number of hydrogen-bond acceptors (Lipinski definition) is 5. The van der Waals surface area contributed by atoms with Crippen molar-refractivity contribution in [2.75, 3.05) is 20.6 Å². The fraction of sp³-hybridized carbons (Fsp3) is 0.444. The van der Waals surface area contributed by atoms with E-state index in [0.29, 0.717) is 0 Å². The Labute approximate surface area is 82.7 Å². The van der Waals surface area contributed by atoms with E-state index in [1.165, 1.54) is 0 Å². The van der Waals surface area contributed by atoms with Crippen LogP contribution in [0.2, 0.25) is 0 Å². The van der Waals surface area contributed by atoms with Crippen molar-refractivity contribution in [2.24, 2.45) is 0 Å². The molecule has 0 amide bonds. The molecule has 0 spiro atoms. The highest BCUT2D eigenvalue weighted by Gasteiger charge is 2.06. The molecule has 0 aromatic carbocycles. The van der Waals surface area contributed by atoms with Gasteiger partial charge in [-0.05, 0) is 27.1 Å². The van der Waals surface area contributed by atoms with Crippen molar-refractivity contribution in [1.29, 1.82) is 0 Å². The first-order valence-electron chi connectivity index (χ1n) is 4.23. The van der Waals surface area contributed by atoms with Crippen LogP contribution in [0.1, 0.15) is 5.69 Å². The van der Waals surface area contributed by atoms with Gasteiger partial charge in [0.15, 0.2) is 0 Å². The molecule has 1 rings (SSSR count). The second-order valence-corrected chi connectivity index (χ2v) is 3.22. The van der Waals surface area contributed by atoms with Crippen molar-refractivity contribution >= 4 is 5.97 Å². The van der Waals surface area contributed by atoms with Gasteiger partial charge in [-0.2, -0.15) is 5.10 Å². The molecule has 0 aliphatic carbocycles. The minimum absolute atomic E-state index is 0.232. The van der Waals surface area contributed by atoms with E-state index in [9.17, 15) is 4.79 Å². The van der Waals surface area contributed by atoms with E-state index >= 15 is 0 Å². The van der Waals surface area contributed by atoms with Gasteiger partial charge in [0.2, 0.25) is 5.88 Å². The molecule has 0 aliphatic rings. The van der Waals surface area contributed by atoms with Gasteiger partial charge in [-0.25, -0.2) is 0 Å². The molecule has 0 fully saturated rings. The van der Waals surface area contributed by atoms with Gasteiger partial charge >= 0.3 is 5.97 Å². The molecular formula is C9H13N3O2. The lowest BCUT2D eigenvalue weighted by molar-refractivity contribution is -0.135. The molecule has 0 saturated heterocycles. The number of ether oxygens (including phenoxy) is 1. The number of aromatic nitrogens is 2. The Bertz CT molecular complexity index is 308. The highest BCUT2D eigenvalue weighted by molar-refractivity contribution is 5.73. The van der Waals surface area contributed by atoms with Gasteiger partial charge in [-0.1, -0.05) is 0 Å². The van der Waals surface area contributed by atoms with Crippen LogP contribution < -0.4 is 4.74 Å². The van der Waals surface area contributed by atoms with Crippen molar-refractivity contribution in [3.8, 4) is 5.88 Å². The number of carbonyl (C=O) groups excluding carboxylic acids is 1. The number of nitrogens with zero attached hydrogens (tertiary/aromatic N) is 3. The van der Waals surface area contributed by atoms with Crippen LogP contribution in [0.3, 0.4) is 0 Å². The van der Waals surface area contributed by atoms with Crippen LogP contribution in [-0.4, -0.2) is 41.7 Å². The minimum Gasteiger partial charge on any atom is -0.405 e. The van der Waals surface area contributed by atoms with Gasteiger partial charge in [0.25, 0.3) is 0 Å². The van der Waals surface area contributed by atoms with Crippen molar-refractivity contribution in [3.05, 3.63) is 17.8 Å². The van der Waals surface area contributed by atoms with Gasteiger partial charge in [0, 0.05) is 6.07 Å². The SMILES string of the molecule is Cc1ccc(OC(=O)CN(C)C)nn1. The molecule has 0 aliphatic heterocycles. The zero-order chi connectivity index (χ0) is 10.6. The minimum atomic E-state index is -0.340. The number of esters is 1. The van der Waals surface area contributed by atoms with Crippen LogP contribution in [-0.2, 0) is 4.79 Å². The summed E-state index contributed by atoms with van der Waals surface area (Å²) >= 11 is 0. The maximum atomic E-state index is 11.2. The van der Waals surface area contributed by atoms with Crippen LogP contribution in [0.5, 0.6) is 5.88 Å². The van der Waals surface area contributed by atoms with E-state index < -0.39 is 0 Å². The van der Waals surface area contributed by atoms with Gasteiger partial charge in [-0.3, -0.25) is 9.69 Å². The number of hydrogen-bond donors (Lipinski definition) is 0. The summed E-state index contributed by atoms with van der Waals surface area (Å²) in [5.41, 5.74) is 0.789. The summed E-state index contributed by atoms with van der Waals surface area (Å²) in [5.74, 6) is -0.101. The second-order valence-electron chi connectivity index (χ2n) is 3.22. The molecule has 0 saturated carbocycles. The Hall–Kier alpha value is -1.49. The Morgan fingerprint density at radius 2 is 2.14 bits per heavy atom. The molecule has 5 heteroatoms. The summed E-state index contributed by atoms with van der Waals surface area (Å²) in [4.78, 5) is 12.9. The molecule has 1 heterocycles. The molecule has 1 aromatic rings. The third-order valence-electron chi connectivity index (χ3n) is 1.44. The van der Waals surface area contributed by atoms with Gasteiger partial charge in [-0.15, -0.1) is 5.10 Å². The number of carbonyl (C=O) groups is 1. The highest BCUT2D eigenvalue weighted by Crippen LogP contribution is 2.04. The maximum absolute atomic E-state index is 11.2. The van der Waals surface area contributed by atoms with E-state index in [4.69, 9.17) is 4.74 Å². The van der Waals surface area contributed by atoms with Gasteiger partial charge in [0.1, 0.15) is 0 Å². The predicted octanol–water partition coefficient (Wildman–Crippen LogP) is 0.252. The molecule has 0 N–H and O–H groups in total. The first kappa shape index (κ1) is 10.6. The number of aryl methyl sites for hydroxylation is 1. The third kappa shape index (κ3) is 3.49. The molecule has 0 unspecified atom stereocenters. The van der Waals surface area contributed by atoms with Crippen molar-refractivity contribution in [1.82, 2.24) is 15.1 Å². The molecule has 14 heavy (non-hydrogen) atoms. The molecule has 76 valence electrons. The summed E-state index contributed by atoms with van der Waals surface area (Å²) in [6.45, 7) is 2.05. The fourth-order valence-electron chi connectivity index (χ4n) is 0.848. The normalized spacial score (nSPS) is 10.3. The number of likely N-dealkylation sites (N-methyl/N-ethyl adjacent to an activating group) is 1. The van der Waals surface area contributed by atoms with E-state index in [-0.39, 0.29) is 18.4 Å².